The van der Waals surface area contributed by atoms with E-state index in [9.17, 15) is 9.59 Å². The second-order valence-corrected chi connectivity index (χ2v) is 4.34. The van der Waals surface area contributed by atoms with Gasteiger partial charge in [0.25, 0.3) is 5.91 Å². The molecule has 90 valence electrons. The minimum Gasteiger partial charge on any atom is -0.476 e. The molecule has 2 rings (SSSR count). The van der Waals surface area contributed by atoms with Crippen LogP contribution in [0.5, 0.6) is 0 Å². The number of nitrogens with one attached hydrogen (secondary N) is 1. The molecule has 6 nitrogen and oxygen atoms in total. The topological polar surface area (TPSA) is 92.2 Å². The molecule has 6 heteroatoms. The molecule has 1 fully saturated rings. The fourth-order valence-electron chi connectivity index (χ4n) is 1.84. The number of amides is 1. The summed E-state index contributed by atoms with van der Waals surface area (Å²) in [6.45, 7) is 2.13. The highest BCUT2D eigenvalue weighted by Crippen LogP contribution is 2.26. The second-order valence-electron chi connectivity index (χ2n) is 4.34. The largest absolute Gasteiger partial charge is 0.476 e. The van der Waals surface area contributed by atoms with Gasteiger partial charge < -0.3 is 10.4 Å². The van der Waals surface area contributed by atoms with Gasteiger partial charge in [-0.15, -0.1) is 0 Å². The molecule has 0 radical (unpaired) electrons. The van der Waals surface area contributed by atoms with Crippen LogP contribution in [0.25, 0.3) is 0 Å². The van der Waals surface area contributed by atoms with Crippen LogP contribution in [-0.4, -0.2) is 33.0 Å². The van der Waals surface area contributed by atoms with Gasteiger partial charge in [0.1, 0.15) is 5.69 Å². The molecular formula is C11H13N3O3. The van der Waals surface area contributed by atoms with Gasteiger partial charge in [-0.1, -0.05) is 6.92 Å². The van der Waals surface area contributed by atoms with Crippen LogP contribution in [0, 0.1) is 5.92 Å². The molecule has 1 aromatic rings. The zero-order valence-electron chi connectivity index (χ0n) is 9.38. The van der Waals surface area contributed by atoms with E-state index in [2.05, 4.69) is 22.2 Å². The lowest BCUT2D eigenvalue weighted by atomic mass is 9.82. The quantitative estimate of drug-likeness (QED) is 0.804. The normalized spacial score (nSPS) is 22.6. The molecule has 1 aliphatic rings. The summed E-state index contributed by atoms with van der Waals surface area (Å²) in [5.74, 6) is -0.801. The third-order valence-corrected chi connectivity index (χ3v) is 2.81. The van der Waals surface area contributed by atoms with E-state index < -0.39 is 5.97 Å². The fraction of sp³-hybridized carbons (Fsp3) is 0.455. The van der Waals surface area contributed by atoms with Crippen molar-refractivity contribution in [1.29, 1.82) is 0 Å². The lowest BCUT2D eigenvalue weighted by Gasteiger charge is -2.33. The number of rotatable bonds is 3. The minimum absolute atomic E-state index is 0.148. The Morgan fingerprint density at radius 1 is 1.29 bits per heavy atom. The molecule has 1 heterocycles. The summed E-state index contributed by atoms with van der Waals surface area (Å²) in [6, 6.07) is 0.207. The molecule has 0 spiro atoms. The number of nitrogens with zero attached hydrogens (tertiary/aromatic N) is 2. The average Bonchev–Trinajstić information content (AvgIpc) is 2.27. The monoisotopic (exact) mass is 235 g/mol. The van der Waals surface area contributed by atoms with Crippen molar-refractivity contribution in [2.24, 2.45) is 5.92 Å². The van der Waals surface area contributed by atoms with Gasteiger partial charge in [0, 0.05) is 6.04 Å². The van der Waals surface area contributed by atoms with Crippen LogP contribution in [0.2, 0.25) is 0 Å². The second kappa shape index (κ2) is 4.48. The predicted octanol–water partition coefficient (Wildman–Crippen LogP) is 0.703. The van der Waals surface area contributed by atoms with Crippen molar-refractivity contribution < 1.29 is 14.7 Å². The molecule has 2 N–H and O–H groups in total. The van der Waals surface area contributed by atoms with E-state index in [1.165, 1.54) is 6.20 Å². The lowest BCUT2D eigenvalue weighted by Crippen LogP contribution is -2.43. The third-order valence-electron chi connectivity index (χ3n) is 2.81. The van der Waals surface area contributed by atoms with Gasteiger partial charge in [0.15, 0.2) is 5.69 Å². The molecule has 0 atom stereocenters. The predicted molar refractivity (Wildman–Crippen MR) is 58.6 cm³/mol. The molecule has 1 aliphatic carbocycles. The van der Waals surface area contributed by atoms with Gasteiger partial charge in [0.2, 0.25) is 0 Å². The van der Waals surface area contributed by atoms with Crippen LogP contribution < -0.4 is 5.32 Å². The van der Waals surface area contributed by atoms with Crippen molar-refractivity contribution in [3.63, 3.8) is 0 Å². The number of carbonyl (C=O) groups is 2. The number of carbonyl (C=O) groups excluding carboxylic acids is 1. The molecule has 1 aromatic heterocycles. The Kier molecular flexibility index (Phi) is 3.03. The van der Waals surface area contributed by atoms with E-state index in [1.807, 2.05) is 0 Å². The molecule has 17 heavy (non-hydrogen) atoms. The first-order chi connectivity index (χ1) is 8.06. The SMILES string of the molecule is CC1CC(NC(=O)c2cnc(C(=O)O)cn2)C1. The van der Waals surface area contributed by atoms with Crippen molar-refractivity contribution in [2.75, 3.05) is 0 Å². The Bertz CT molecular complexity index is 438. The Balaban J connectivity index is 1.97. The van der Waals surface area contributed by atoms with Crippen molar-refractivity contribution >= 4 is 11.9 Å². The first kappa shape index (κ1) is 11.5. The van der Waals surface area contributed by atoms with Crippen LogP contribution in [0.15, 0.2) is 12.4 Å². The van der Waals surface area contributed by atoms with Gasteiger partial charge in [-0.3, -0.25) is 4.79 Å². The molecule has 0 bridgehead atoms. The number of aromatic carboxylic acids is 1. The molecule has 0 aliphatic heterocycles. The van der Waals surface area contributed by atoms with Gasteiger partial charge in [0.05, 0.1) is 12.4 Å². The van der Waals surface area contributed by atoms with E-state index >= 15 is 0 Å². The number of hydrogen-bond donors (Lipinski definition) is 2. The number of hydrogen-bond acceptors (Lipinski definition) is 4. The standard InChI is InChI=1S/C11H13N3O3/c1-6-2-7(3-6)14-10(15)8-4-13-9(5-12-8)11(16)17/h4-7H,2-3H2,1H3,(H,14,15)(H,16,17). The van der Waals surface area contributed by atoms with Gasteiger partial charge in [-0.05, 0) is 18.8 Å². The zero-order valence-corrected chi connectivity index (χ0v) is 9.38. The van der Waals surface area contributed by atoms with Crippen molar-refractivity contribution in [3.05, 3.63) is 23.8 Å². The Hall–Kier alpha value is -1.98. The zero-order chi connectivity index (χ0) is 12.4. The first-order valence-electron chi connectivity index (χ1n) is 5.42. The Labute approximate surface area is 98.1 Å². The summed E-state index contributed by atoms with van der Waals surface area (Å²) in [4.78, 5) is 29.6. The van der Waals surface area contributed by atoms with E-state index in [0.717, 1.165) is 19.0 Å². The van der Waals surface area contributed by atoms with Gasteiger partial charge in [-0.2, -0.15) is 0 Å². The molecule has 0 saturated heterocycles. The highest BCUT2D eigenvalue weighted by Gasteiger charge is 2.27. The highest BCUT2D eigenvalue weighted by molar-refractivity contribution is 5.92. The lowest BCUT2D eigenvalue weighted by molar-refractivity contribution is 0.0688. The van der Waals surface area contributed by atoms with Gasteiger partial charge in [-0.25, -0.2) is 14.8 Å². The molecule has 0 aromatic carbocycles. The summed E-state index contributed by atoms with van der Waals surface area (Å²) in [5, 5.41) is 11.5. The van der Waals surface area contributed by atoms with E-state index in [4.69, 9.17) is 5.11 Å². The maximum Gasteiger partial charge on any atom is 0.356 e. The van der Waals surface area contributed by atoms with Crippen molar-refractivity contribution in [2.45, 2.75) is 25.8 Å². The Morgan fingerprint density at radius 3 is 2.35 bits per heavy atom. The average molecular weight is 235 g/mol. The van der Waals surface area contributed by atoms with Crippen LogP contribution in [-0.2, 0) is 0 Å². The maximum absolute atomic E-state index is 11.7. The molecule has 0 unspecified atom stereocenters. The maximum atomic E-state index is 11.7. The molecular weight excluding hydrogens is 222 g/mol. The van der Waals surface area contributed by atoms with E-state index in [0.29, 0.717) is 5.92 Å². The van der Waals surface area contributed by atoms with Crippen LogP contribution in [0.1, 0.15) is 40.7 Å². The Morgan fingerprint density at radius 2 is 1.88 bits per heavy atom. The minimum atomic E-state index is -1.16. The van der Waals surface area contributed by atoms with Crippen molar-refractivity contribution in [3.8, 4) is 0 Å². The highest BCUT2D eigenvalue weighted by atomic mass is 16.4. The van der Waals surface area contributed by atoms with Gasteiger partial charge >= 0.3 is 5.97 Å². The van der Waals surface area contributed by atoms with Crippen LogP contribution >= 0.6 is 0 Å². The van der Waals surface area contributed by atoms with Crippen LogP contribution in [0.4, 0.5) is 0 Å². The number of aromatic nitrogens is 2. The number of carboxylic acid groups (broad SMARTS) is 1. The molecule has 1 saturated carbocycles. The number of carboxylic acids is 1. The third kappa shape index (κ3) is 2.58. The summed E-state index contributed by atoms with van der Waals surface area (Å²) in [5.41, 5.74) is -0.0200. The first-order valence-corrected chi connectivity index (χ1v) is 5.42. The fourth-order valence-corrected chi connectivity index (χ4v) is 1.84. The van der Waals surface area contributed by atoms with E-state index in [-0.39, 0.29) is 23.3 Å². The van der Waals surface area contributed by atoms with Crippen molar-refractivity contribution in [1.82, 2.24) is 15.3 Å². The smallest absolute Gasteiger partial charge is 0.356 e. The summed E-state index contributed by atoms with van der Waals surface area (Å²) < 4.78 is 0. The van der Waals surface area contributed by atoms with Crippen LogP contribution in [0.3, 0.4) is 0 Å². The summed E-state index contributed by atoms with van der Waals surface area (Å²) >= 11 is 0. The summed E-state index contributed by atoms with van der Waals surface area (Å²) in [6.07, 6.45) is 4.22. The summed E-state index contributed by atoms with van der Waals surface area (Å²) in [7, 11) is 0. The van der Waals surface area contributed by atoms with E-state index in [1.54, 1.807) is 0 Å². The molecule has 1 amide bonds.